The van der Waals surface area contributed by atoms with Crippen LogP contribution in [0, 0.1) is 5.92 Å². The first kappa shape index (κ1) is 11.2. The van der Waals surface area contributed by atoms with Crippen molar-refractivity contribution in [1.82, 2.24) is 0 Å². The fourth-order valence-electron chi connectivity index (χ4n) is 3.39. The van der Waals surface area contributed by atoms with Gasteiger partial charge >= 0.3 is 0 Å². The maximum absolute atomic E-state index is 10.4. The van der Waals surface area contributed by atoms with E-state index in [2.05, 4.69) is 0 Å². The van der Waals surface area contributed by atoms with Crippen LogP contribution in [-0.4, -0.2) is 33.6 Å². The van der Waals surface area contributed by atoms with Crippen LogP contribution in [0.15, 0.2) is 34.9 Å². The molecule has 0 saturated carbocycles. The molecule has 0 aromatic carbocycles. The van der Waals surface area contributed by atoms with E-state index in [1.165, 1.54) is 5.57 Å². The number of hydrogen-bond donors (Lipinski definition) is 3. The van der Waals surface area contributed by atoms with Crippen molar-refractivity contribution in [2.24, 2.45) is 5.92 Å². The van der Waals surface area contributed by atoms with E-state index in [0.717, 1.165) is 36.8 Å². The summed E-state index contributed by atoms with van der Waals surface area (Å²) in [4.78, 5) is 0. The van der Waals surface area contributed by atoms with Gasteiger partial charge in [0.1, 0.15) is 0 Å². The number of hydrogen-bond acceptors (Lipinski definition) is 3. The lowest BCUT2D eigenvalue weighted by Gasteiger charge is -2.41. The van der Waals surface area contributed by atoms with Crippen LogP contribution in [0.25, 0.3) is 0 Å². The van der Waals surface area contributed by atoms with E-state index in [-0.39, 0.29) is 5.92 Å². The zero-order valence-electron chi connectivity index (χ0n) is 9.71. The summed E-state index contributed by atoms with van der Waals surface area (Å²) in [7, 11) is 0. The zero-order valence-corrected chi connectivity index (χ0v) is 9.71. The van der Waals surface area contributed by atoms with Gasteiger partial charge in [-0.15, -0.1) is 0 Å². The molecule has 0 radical (unpaired) electrons. The lowest BCUT2D eigenvalue weighted by Crippen LogP contribution is -2.42. The Labute approximate surface area is 101 Å². The summed E-state index contributed by atoms with van der Waals surface area (Å²) in [6.07, 6.45) is 7.17. The molecule has 0 heterocycles. The Kier molecular flexibility index (Phi) is 2.69. The average Bonchev–Trinajstić information content (AvgIpc) is 2.28. The first-order valence-electron chi connectivity index (χ1n) is 6.31. The van der Waals surface area contributed by atoms with Crippen LogP contribution in [0.3, 0.4) is 0 Å². The molecule has 3 heteroatoms. The molecule has 3 nitrogen and oxygen atoms in total. The number of aliphatic hydroxyl groups excluding tert-OH is 3. The summed E-state index contributed by atoms with van der Waals surface area (Å²) in [6, 6.07) is 0. The van der Waals surface area contributed by atoms with Gasteiger partial charge in [-0.05, 0) is 31.3 Å². The van der Waals surface area contributed by atoms with Crippen molar-refractivity contribution in [3.8, 4) is 0 Å². The van der Waals surface area contributed by atoms with Gasteiger partial charge in [0, 0.05) is 5.92 Å². The van der Waals surface area contributed by atoms with Gasteiger partial charge in [0.05, 0.1) is 18.3 Å². The maximum Gasteiger partial charge on any atom is 0.0871 e. The summed E-state index contributed by atoms with van der Waals surface area (Å²) in [5, 5.41) is 30.4. The molecule has 0 aromatic heterocycles. The fourth-order valence-corrected chi connectivity index (χ4v) is 3.39. The normalized spacial score (nSPS) is 40.8. The summed E-state index contributed by atoms with van der Waals surface area (Å²) in [5.41, 5.74) is 3.06. The summed E-state index contributed by atoms with van der Waals surface area (Å²) < 4.78 is 0. The molecule has 3 aliphatic carbocycles. The predicted octanol–water partition coefficient (Wildman–Crippen LogP) is 1.07. The Bertz CT molecular complexity index is 419. The van der Waals surface area contributed by atoms with E-state index < -0.39 is 18.3 Å². The van der Waals surface area contributed by atoms with Crippen LogP contribution in [-0.2, 0) is 0 Å². The molecular weight excluding hydrogens is 216 g/mol. The van der Waals surface area contributed by atoms with Crippen LogP contribution >= 0.6 is 0 Å². The highest BCUT2D eigenvalue weighted by Crippen LogP contribution is 2.43. The van der Waals surface area contributed by atoms with E-state index in [4.69, 9.17) is 0 Å². The summed E-state index contributed by atoms with van der Waals surface area (Å²) in [6.45, 7) is 0. The Morgan fingerprint density at radius 2 is 2.00 bits per heavy atom. The molecule has 0 bridgehead atoms. The molecule has 4 atom stereocenters. The second kappa shape index (κ2) is 4.09. The highest BCUT2D eigenvalue weighted by molar-refractivity contribution is 5.41. The van der Waals surface area contributed by atoms with Gasteiger partial charge in [0.25, 0.3) is 0 Å². The van der Waals surface area contributed by atoms with E-state index in [0.29, 0.717) is 0 Å². The first-order chi connectivity index (χ1) is 8.18. The molecule has 0 amide bonds. The minimum Gasteiger partial charge on any atom is -0.389 e. The lowest BCUT2D eigenvalue weighted by atomic mass is 9.69. The van der Waals surface area contributed by atoms with Crippen molar-refractivity contribution in [3.63, 3.8) is 0 Å². The highest BCUT2D eigenvalue weighted by atomic mass is 16.3. The molecule has 3 N–H and O–H groups in total. The Morgan fingerprint density at radius 1 is 1.18 bits per heavy atom. The van der Waals surface area contributed by atoms with Gasteiger partial charge in [0.15, 0.2) is 0 Å². The van der Waals surface area contributed by atoms with Crippen molar-refractivity contribution >= 4 is 0 Å². The maximum atomic E-state index is 10.4. The molecule has 0 spiro atoms. The standard InChI is InChI=1S/C14H18O3/c15-10-5-1-3-8-7-9-4-2-6-11(16)13(9)14(17)12(8)10/h1,3,5,10-12,14-17H,2,4,6-7H2. The van der Waals surface area contributed by atoms with E-state index in [1.807, 2.05) is 12.2 Å². The largest absolute Gasteiger partial charge is 0.389 e. The second-order valence-corrected chi connectivity index (χ2v) is 5.23. The number of fused-ring (bicyclic) bond motifs is 1. The number of allylic oxidation sites excluding steroid dienone is 3. The molecule has 4 unspecified atom stereocenters. The topological polar surface area (TPSA) is 60.7 Å². The van der Waals surface area contributed by atoms with Crippen LogP contribution in [0.2, 0.25) is 0 Å². The molecule has 3 rings (SSSR count). The minimum absolute atomic E-state index is 0.258. The molecule has 0 aromatic rings. The third-order valence-corrected chi connectivity index (χ3v) is 4.21. The van der Waals surface area contributed by atoms with Crippen LogP contribution in [0.4, 0.5) is 0 Å². The van der Waals surface area contributed by atoms with Crippen LogP contribution < -0.4 is 0 Å². The molecule has 17 heavy (non-hydrogen) atoms. The van der Waals surface area contributed by atoms with Crippen LogP contribution in [0.5, 0.6) is 0 Å². The van der Waals surface area contributed by atoms with Crippen molar-refractivity contribution in [3.05, 3.63) is 34.9 Å². The van der Waals surface area contributed by atoms with Gasteiger partial charge in [-0.3, -0.25) is 0 Å². The Morgan fingerprint density at radius 3 is 2.82 bits per heavy atom. The number of rotatable bonds is 0. The molecule has 3 aliphatic rings. The summed E-state index contributed by atoms with van der Waals surface area (Å²) >= 11 is 0. The van der Waals surface area contributed by atoms with Gasteiger partial charge < -0.3 is 15.3 Å². The molecule has 0 saturated heterocycles. The Hall–Kier alpha value is -0.900. The van der Waals surface area contributed by atoms with Crippen molar-refractivity contribution in [2.45, 2.75) is 44.0 Å². The second-order valence-electron chi connectivity index (χ2n) is 5.23. The predicted molar refractivity (Wildman–Crippen MR) is 64.2 cm³/mol. The first-order valence-corrected chi connectivity index (χ1v) is 6.31. The number of aliphatic hydroxyl groups is 3. The molecule has 92 valence electrons. The third-order valence-electron chi connectivity index (χ3n) is 4.21. The SMILES string of the molecule is OC1CCCC2=C1C(O)C1C(=CC=CC1O)C2. The Balaban J connectivity index is 2.02. The monoisotopic (exact) mass is 234 g/mol. The van der Waals surface area contributed by atoms with E-state index in [1.54, 1.807) is 6.08 Å². The van der Waals surface area contributed by atoms with Gasteiger partial charge in [-0.2, -0.15) is 0 Å². The smallest absolute Gasteiger partial charge is 0.0871 e. The van der Waals surface area contributed by atoms with Gasteiger partial charge in [-0.1, -0.05) is 29.4 Å². The molecule has 0 fully saturated rings. The van der Waals surface area contributed by atoms with Crippen molar-refractivity contribution < 1.29 is 15.3 Å². The van der Waals surface area contributed by atoms with Gasteiger partial charge in [-0.25, -0.2) is 0 Å². The minimum atomic E-state index is -0.722. The van der Waals surface area contributed by atoms with E-state index >= 15 is 0 Å². The fraction of sp³-hybridized carbons (Fsp3) is 0.571. The van der Waals surface area contributed by atoms with Crippen LogP contribution in [0.1, 0.15) is 25.7 Å². The molecular formula is C14H18O3. The van der Waals surface area contributed by atoms with Crippen molar-refractivity contribution in [2.75, 3.05) is 0 Å². The van der Waals surface area contributed by atoms with E-state index in [9.17, 15) is 15.3 Å². The van der Waals surface area contributed by atoms with Crippen molar-refractivity contribution in [1.29, 1.82) is 0 Å². The quantitative estimate of drug-likeness (QED) is 0.549. The van der Waals surface area contributed by atoms with Gasteiger partial charge in [0.2, 0.25) is 0 Å². The lowest BCUT2D eigenvalue weighted by molar-refractivity contribution is 0.0444. The highest BCUT2D eigenvalue weighted by Gasteiger charge is 2.41. The average molecular weight is 234 g/mol. The molecule has 0 aliphatic heterocycles. The third kappa shape index (κ3) is 1.69. The summed E-state index contributed by atoms with van der Waals surface area (Å²) in [5.74, 6) is -0.258. The zero-order chi connectivity index (χ0) is 12.0.